The maximum Gasteiger partial charge on any atom is 0.279 e. The van der Waals surface area contributed by atoms with Crippen LogP contribution in [0, 0.1) is 6.92 Å². The van der Waals surface area contributed by atoms with Crippen molar-refractivity contribution in [3.8, 4) is 11.3 Å². The van der Waals surface area contributed by atoms with Crippen molar-refractivity contribution in [2.45, 2.75) is 11.8 Å². The Balaban J connectivity index is 1.91. The standard InChI is InChI=1S/C18H17N5O3S/c1-11-4-3-5-15(21-11)23-18(24)16-17(19)20-10-14(22-16)12-6-8-13(9-7-12)27(2,25)26/h3-10H,1-2H3,(H2,19,20)(H,21,23,24). The van der Waals surface area contributed by atoms with Gasteiger partial charge in [0.25, 0.3) is 5.91 Å². The number of carbonyl (C=O) groups excluding carboxylic acids is 1. The van der Waals surface area contributed by atoms with Gasteiger partial charge >= 0.3 is 0 Å². The summed E-state index contributed by atoms with van der Waals surface area (Å²) in [6.07, 6.45) is 2.55. The van der Waals surface area contributed by atoms with Gasteiger partial charge in [0.05, 0.1) is 16.8 Å². The quantitative estimate of drug-likeness (QED) is 0.706. The van der Waals surface area contributed by atoms with Gasteiger partial charge in [0, 0.05) is 17.5 Å². The molecule has 0 unspecified atom stereocenters. The van der Waals surface area contributed by atoms with E-state index in [1.165, 1.54) is 18.3 Å². The molecule has 0 atom stereocenters. The van der Waals surface area contributed by atoms with Crippen molar-refractivity contribution in [3.63, 3.8) is 0 Å². The Kier molecular flexibility index (Phi) is 4.87. The van der Waals surface area contributed by atoms with Crippen LogP contribution in [0.4, 0.5) is 11.6 Å². The molecule has 0 bridgehead atoms. The predicted octanol–water partition coefficient (Wildman–Crippen LogP) is 2.09. The first-order chi connectivity index (χ1) is 12.7. The van der Waals surface area contributed by atoms with Crippen LogP contribution in [-0.2, 0) is 9.84 Å². The minimum absolute atomic E-state index is 0.0170. The number of anilines is 2. The van der Waals surface area contributed by atoms with Gasteiger partial charge in [0.1, 0.15) is 5.82 Å². The number of rotatable bonds is 4. The number of aryl methyl sites for hydroxylation is 1. The summed E-state index contributed by atoms with van der Waals surface area (Å²) >= 11 is 0. The zero-order valence-electron chi connectivity index (χ0n) is 14.7. The average Bonchev–Trinajstić information content (AvgIpc) is 2.61. The molecule has 2 heterocycles. The Bertz CT molecular complexity index is 1110. The summed E-state index contributed by atoms with van der Waals surface area (Å²) in [7, 11) is -3.30. The molecule has 0 fully saturated rings. The van der Waals surface area contributed by atoms with E-state index in [1.54, 1.807) is 24.3 Å². The Labute approximate surface area is 156 Å². The summed E-state index contributed by atoms with van der Waals surface area (Å²) < 4.78 is 23.1. The van der Waals surface area contributed by atoms with E-state index >= 15 is 0 Å². The molecule has 9 heteroatoms. The highest BCUT2D eigenvalue weighted by Gasteiger charge is 2.16. The first-order valence-corrected chi connectivity index (χ1v) is 9.81. The van der Waals surface area contributed by atoms with Crippen molar-refractivity contribution in [1.82, 2.24) is 15.0 Å². The van der Waals surface area contributed by atoms with Crippen LogP contribution in [0.1, 0.15) is 16.2 Å². The largest absolute Gasteiger partial charge is 0.382 e. The number of nitrogens with one attached hydrogen (secondary N) is 1. The zero-order valence-corrected chi connectivity index (χ0v) is 15.5. The van der Waals surface area contributed by atoms with E-state index in [9.17, 15) is 13.2 Å². The number of sulfone groups is 1. The lowest BCUT2D eigenvalue weighted by molar-refractivity contribution is 0.102. The molecule has 0 saturated carbocycles. The minimum atomic E-state index is -3.30. The van der Waals surface area contributed by atoms with Gasteiger partial charge in [-0.25, -0.2) is 23.4 Å². The molecular formula is C18H17N5O3S. The summed E-state index contributed by atoms with van der Waals surface area (Å²) in [5, 5.41) is 2.64. The van der Waals surface area contributed by atoms with Crippen molar-refractivity contribution < 1.29 is 13.2 Å². The number of nitrogen functional groups attached to an aromatic ring is 1. The molecule has 3 rings (SSSR count). The van der Waals surface area contributed by atoms with Gasteiger partial charge in [-0.1, -0.05) is 18.2 Å². The third-order valence-corrected chi connectivity index (χ3v) is 4.85. The lowest BCUT2D eigenvalue weighted by Crippen LogP contribution is -2.18. The second-order valence-electron chi connectivity index (χ2n) is 5.90. The van der Waals surface area contributed by atoms with Crippen molar-refractivity contribution >= 4 is 27.4 Å². The Morgan fingerprint density at radius 1 is 1.07 bits per heavy atom. The molecule has 0 saturated heterocycles. The number of carbonyl (C=O) groups is 1. The molecule has 0 aliphatic rings. The highest BCUT2D eigenvalue weighted by atomic mass is 32.2. The van der Waals surface area contributed by atoms with Gasteiger partial charge in [0.2, 0.25) is 0 Å². The number of nitrogens with zero attached hydrogens (tertiary/aromatic N) is 3. The molecule has 0 aliphatic heterocycles. The summed E-state index contributed by atoms with van der Waals surface area (Å²) in [5.41, 5.74) is 7.52. The monoisotopic (exact) mass is 383 g/mol. The van der Waals surface area contributed by atoms with E-state index in [0.29, 0.717) is 17.1 Å². The van der Waals surface area contributed by atoms with E-state index in [0.717, 1.165) is 11.9 Å². The summed E-state index contributed by atoms with van der Waals surface area (Å²) in [4.78, 5) is 25.2. The maximum absolute atomic E-state index is 12.5. The summed E-state index contributed by atoms with van der Waals surface area (Å²) in [6, 6.07) is 11.4. The van der Waals surface area contributed by atoms with Gasteiger partial charge in [-0.15, -0.1) is 0 Å². The molecule has 8 nitrogen and oxygen atoms in total. The lowest BCUT2D eigenvalue weighted by Gasteiger charge is -2.08. The number of nitrogens with two attached hydrogens (primary N) is 1. The van der Waals surface area contributed by atoms with Crippen molar-refractivity contribution in [2.24, 2.45) is 0 Å². The van der Waals surface area contributed by atoms with Crippen LogP contribution in [0.15, 0.2) is 53.6 Å². The summed E-state index contributed by atoms with van der Waals surface area (Å²) in [6.45, 7) is 1.81. The summed E-state index contributed by atoms with van der Waals surface area (Å²) in [5.74, 6) is -0.173. The number of amides is 1. The fourth-order valence-electron chi connectivity index (χ4n) is 2.37. The van der Waals surface area contributed by atoms with Crippen molar-refractivity contribution in [2.75, 3.05) is 17.3 Å². The first-order valence-electron chi connectivity index (χ1n) is 7.92. The van der Waals surface area contributed by atoms with Gasteiger partial charge in [-0.05, 0) is 31.2 Å². The highest BCUT2D eigenvalue weighted by Crippen LogP contribution is 2.21. The van der Waals surface area contributed by atoms with Gasteiger partial charge in [-0.3, -0.25) is 4.79 Å². The molecule has 27 heavy (non-hydrogen) atoms. The van der Waals surface area contributed by atoms with Gasteiger partial charge in [-0.2, -0.15) is 0 Å². The maximum atomic E-state index is 12.5. The molecule has 0 aliphatic carbocycles. The predicted molar refractivity (Wildman–Crippen MR) is 102 cm³/mol. The number of hydrogen-bond donors (Lipinski definition) is 2. The third kappa shape index (κ3) is 4.26. The molecular weight excluding hydrogens is 366 g/mol. The molecule has 138 valence electrons. The van der Waals surface area contributed by atoms with Crippen LogP contribution >= 0.6 is 0 Å². The van der Waals surface area contributed by atoms with Crippen molar-refractivity contribution in [3.05, 3.63) is 60.0 Å². The molecule has 3 aromatic rings. The second-order valence-corrected chi connectivity index (χ2v) is 7.92. The molecule has 2 aromatic heterocycles. The Morgan fingerprint density at radius 3 is 2.41 bits per heavy atom. The van der Waals surface area contributed by atoms with Crippen LogP contribution in [0.5, 0.6) is 0 Å². The van der Waals surface area contributed by atoms with Crippen LogP contribution < -0.4 is 11.1 Å². The topological polar surface area (TPSA) is 128 Å². The van der Waals surface area contributed by atoms with E-state index in [-0.39, 0.29) is 16.4 Å². The molecule has 1 aromatic carbocycles. The molecule has 0 radical (unpaired) electrons. The fourth-order valence-corrected chi connectivity index (χ4v) is 3.00. The van der Waals surface area contributed by atoms with E-state index in [4.69, 9.17) is 5.73 Å². The zero-order chi connectivity index (χ0) is 19.6. The second kappa shape index (κ2) is 7.12. The van der Waals surface area contributed by atoms with Gasteiger partial charge < -0.3 is 11.1 Å². The SMILES string of the molecule is Cc1cccc(NC(=O)c2nc(-c3ccc(S(C)(=O)=O)cc3)cnc2N)n1. The number of benzene rings is 1. The Hall–Kier alpha value is -3.33. The smallest absolute Gasteiger partial charge is 0.279 e. The fraction of sp³-hybridized carbons (Fsp3) is 0.111. The first kappa shape index (κ1) is 18.5. The van der Waals surface area contributed by atoms with Crippen LogP contribution in [-0.4, -0.2) is 35.5 Å². The normalized spacial score (nSPS) is 11.2. The highest BCUT2D eigenvalue weighted by molar-refractivity contribution is 7.90. The molecule has 0 spiro atoms. The molecule has 3 N–H and O–H groups in total. The lowest BCUT2D eigenvalue weighted by atomic mass is 10.1. The number of pyridine rings is 1. The van der Waals surface area contributed by atoms with Crippen LogP contribution in [0.25, 0.3) is 11.3 Å². The van der Waals surface area contributed by atoms with E-state index in [2.05, 4.69) is 20.3 Å². The van der Waals surface area contributed by atoms with Crippen LogP contribution in [0.3, 0.4) is 0 Å². The Morgan fingerprint density at radius 2 is 1.78 bits per heavy atom. The van der Waals surface area contributed by atoms with Crippen LogP contribution in [0.2, 0.25) is 0 Å². The van der Waals surface area contributed by atoms with Crippen molar-refractivity contribution in [1.29, 1.82) is 0 Å². The minimum Gasteiger partial charge on any atom is -0.382 e. The van der Waals surface area contributed by atoms with E-state index < -0.39 is 15.7 Å². The number of aromatic nitrogens is 3. The van der Waals surface area contributed by atoms with E-state index in [1.807, 2.05) is 13.0 Å². The molecule has 1 amide bonds. The number of hydrogen-bond acceptors (Lipinski definition) is 7. The third-order valence-electron chi connectivity index (χ3n) is 3.72. The van der Waals surface area contributed by atoms with Gasteiger partial charge in [0.15, 0.2) is 21.3 Å². The average molecular weight is 383 g/mol.